The molecule has 0 saturated carbocycles. The van der Waals surface area contributed by atoms with Crippen LogP contribution in [0.1, 0.15) is 17.7 Å². The molecule has 0 atom stereocenters. The Bertz CT molecular complexity index is 385. The Morgan fingerprint density at radius 1 is 1.43 bits per heavy atom. The average Bonchev–Trinajstić information content (AvgIpc) is 2.64. The number of allylic oxidation sites excluding steroid dienone is 1. The van der Waals surface area contributed by atoms with Gasteiger partial charge in [0.2, 0.25) is 0 Å². The van der Waals surface area contributed by atoms with Crippen molar-refractivity contribution >= 4 is 45.6 Å². The average molecular weight is 238 g/mol. The summed E-state index contributed by atoms with van der Waals surface area (Å²) >= 11 is 8.65. The van der Waals surface area contributed by atoms with Crippen molar-refractivity contribution in [1.82, 2.24) is 0 Å². The Labute approximate surface area is 97.7 Å². The summed E-state index contributed by atoms with van der Waals surface area (Å²) in [4.78, 5) is 2.52. The van der Waals surface area contributed by atoms with Crippen molar-refractivity contribution in [2.45, 2.75) is 12.8 Å². The van der Waals surface area contributed by atoms with Crippen LogP contribution in [0.4, 0.5) is 0 Å². The Balaban J connectivity index is 2.23. The van der Waals surface area contributed by atoms with Gasteiger partial charge in [-0.05, 0) is 35.9 Å². The minimum Gasteiger partial charge on any atom is -0.144 e. The van der Waals surface area contributed by atoms with Crippen molar-refractivity contribution in [2.24, 2.45) is 0 Å². The molecule has 0 N–H and O–H groups in total. The van der Waals surface area contributed by atoms with E-state index >= 15 is 0 Å². The molecule has 0 radical (unpaired) electrons. The first-order valence-electron chi connectivity index (χ1n) is 4.40. The summed E-state index contributed by atoms with van der Waals surface area (Å²) in [6.07, 6.45) is 4.20. The van der Waals surface area contributed by atoms with Gasteiger partial charge in [0.15, 0.2) is 0 Å². The second-order valence-corrected chi connectivity index (χ2v) is 5.97. The van der Waals surface area contributed by atoms with E-state index < -0.39 is 0 Å². The van der Waals surface area contributed by atoms with Gasteiger partial charge in [0, 0.05) is 9.78 Å². The quantitative estimate of drug-likeness (QED) is 0.661. The fraction of sp³-hybridized carbons (Fsp3) is 0.182. The van der Waals surface area contributed by atoms with Crippen LogP contribution in [0.5, 0.6) is 0 Å². The van der Waals surface area contributed by atoms with Crippen LogP contribution in [-0.4, -0.2) is 4.20 Å². The van der Waals surface area contributed by atoms with Gasteiger partial charge in [-0.15, -0.1) is 11.3 Å². The Morgan fingerprint density at radius 3 is 3.00 bits per heavy atom. The summed E-state index contributed by atoms with van der Waals surface area (Å²) in [5.74, 6) is 0. The van der Waals surface area contributed by atoms with Crippen LogP contribution in [0.15, 0.2) is 34.6 Å². The van der Waals surface area contributed by atoms with Gasteiger partial charge < -0.3 is 0 Å². The van der Waals surface area contributed by atoms with E-state index in [1.165, 1.54) is 15.4 Å². The molecular formula is C11H10S3. The maximum absolute atomic E-state index is 5.22. The Morgan fingerprint density at radius 2 is 2.29 bits per heavy atom. The number of hydrogen-bond acceptors (Lipinski definition) is 3. The molecule has 0 aliphatic carbocycles. The maximum atomic E-state index is 5.22. The molecular weight excluding hydrogens is 228 g/mol. The van der Waals surface area contributed by atoms with Gasteiger partial charge in [-0.25, -0.2) is 0 Å². The van der Waals surface area contributed by atoms with Crippen molar-refractivity contribution in [3.63, 3.8) is 0 Å². The molecule has 0 aromatic carbocycles. The Hall–Kier alpha value is -0.380. The molecule has 0 nitrogen and oxygen atoms in total. The summed E-state index contributed by atoms with van der Waals surface area (Å²) in [6, 6.07) is 4.18. The first-order valence-corrected chi connectivity index (χ1v) is 6.50. The molecule has 1 fully saturated rings. The number of hydrogen-bond donors (Lipinski definition) is 0. The first kappa shape index (κ1) is 10.1. The van der Waals surface area contributed by atoms with Crippen LogP contribution in [0.25, 0.3) is 6.08 Å². The normalized spacial score (nSPS) is 20.4. The van der Waals surface area contributed by atoms with E-state index in [2.05, 4.69) is 30.2 Å². The standard InChI is InChI=1S/C11H10S3/c1-8-4-5-11(12)14-10(8)7-9-3-2-6-13-9/h2-3,6-7H,1,4-5H2/b10-7-. The minimum atomic E-state index is 1.00. The van der Waals surface area contributed by atoms with E-state index in [-0.39, 0.29) is 0 Å². The van der Waals surface area contributed by atoms with Crippen molar-refractivity contribution in [2.75, 3.05) is 0 Å². The van der Waals surface area contributed by atoms with Crippen molar-refractivity contribution in [3.05, 3.63) is 39.4 Å². The molecule has 0 unspecified atom stereocenters. The van der Waals surface area contributed by atoms with Crippen LogP contribution in [-0.2, 0) is 0 Å². The first-order chi connectivity index (χ1) is 6.75. The molecule has 14 heavy (non-hydrogen) atoms. The number of thiophene rings is 1. The van der Waals surface area contributed by atoms with Gasteiger partial charge in [-0.1, -0.05) is 36.6 Å². The van der Waals surface area contributed by atoms with Crippen LogP contribution in [0.2, 0.25) is 0 Å². The summed E-state index contributed by atoms with van der Waals surface area (Å²) in [5.41, 5.74) is 1.22. The highest BCUT2D eigenvalue weighted by atomic mass is 32.2. The predicted octanol–water partition coefficient (Wildman–Crippen LogP) is 4.50. The fourth-order valence-corrected chi connectivity index (χ4v) is 3.24. The lowest BCUT2D eigenvalue weighted by Crippen LogP contribution is -2.00. The molecule has 0 spiro atoms. The van der Waals surface area contributed by atoms with Gasteiger partial charge in [-0.3, -0.25) is 0 Å². The Kier molecular flexibility index (Phi) is 3.21. The number of thiocarbonyl (C=S) groups is 1. The van der Waals surface area contributed by atoms with Crippen molar-refractivity contribution < 1.29 is 0 Å². The van der Waals surface area contributed by atoms with E-state index in [0.717, 1.165) is 17.0 Å². The monoisotopic (exact) mass is 238 g/mol. The van der Waals surface area contributed by atoms with Crippen molar-refractivity contribution in [1.29, 1.82) is 0 Å². The van der Waals surface area contributed by atoms with Crippen LogP contribution < -0.4 is 0 Å². The molecule has 1 aromatic heterocycles. The molecule has 1 aliphatic heterocycles. The smallest absolute Gasteiger partial charge is 0.0530 e. The lowest BCUT2D eigenvalue weighted by molar-refractivity contribution is 1.06. The van der Waals surface area contributed by atoms with Gasteiger partial charge in [0.05, 0.1) is 4.20 Å². The summed E-state index contributed by atoms with van der Waals surface area (Å²) in [5, 5.41) is 2.08. The van der Waals surface area contributed by atoms with Crippen molar-refractivity contribution in [3.8, 4) is 0 Å². The second-order valence-electron chi connectivity index (χ2n) is 3.10. The third kappa shape index (κ3) is 2.35. The number of thioether (sulfide) groups is 1. The van der Waals surface area contributed by atoms with Gasteiger partial charge in [0.25, 0.3) is 0 Å². The minimum absolute atomic E-state index is 1.00. The van der Waals surface area contributed by atoms with Crippen LogP contribution in [0, 0.1) is 0 Å². The summed E-state index contributed by atoms with van der Waals surface area (Å²) in [6.45, 7) is 4.07. The molecule has 2 rings (SSSR count). The third-order valence-corrected chi connectivity index (χ3v) is 4.35. The van der Waals surface area contributed by atoms with Crippen LogP contribution >= 0.6 is 35.3 Å². The maximum Gasteiger partial charge on any atom is 0.0530 e. The van der Waals surface area contributed by atoms with Gasteiger partial charge >= 0.3 is 0 Å². The van der Waals surface area contributed by atoms with Crippen LogP contribution in [0.3, 0.4) is 0 Å². The highest BCUT2D eigenvalue weighted by molar-refractivity contribution is 8.25. The molecule has 1 aromatic rings. The predicted molar refractivity (Wildman–Crippen MR) is 70.9 cm³/mol. The molecule has 0 bridgehead atoms. The second kappa shape index (κ2) is 4.43. The highest BCUT2D eigenvalue weighted by Gasteiger charge is 2.14. The topological polar surface area (TPSA) is 0 Å². The summed E-state index contributed by atoms with van der Waals surface area (Å²) < 4.78 is 1.08. The zero-order chi connectivity index (χ0) is 9.97. The molecule has 1 aliphatic rings. The van der Waals surface area contributed by atoms with E-state index in [1.54, 1.807) is 23.1 Å². The van der Waals surface area contributed by atoms with E-state index in [0.29, 0.717) is 0 Å². The zero-order valence-corrected chi connectivity index (χ0v) is 10.1. The molecule has 72 valence electrons. The largest absolute Gasteiger partial charge is 0.144 e. The zero-order valence-electron chi connectivity index (χ0n) is 7.66. The lowest BCUT2D eigenvalue weighted by Gasteiger charge is -2.16. The molecule has 2 heterocycles. The van der Waals surface area contributed by atoms with Gasteiger partial charge in [0.1, 0.15) is 0 Å². The SMILES string of the molecule is C=C1CCC(=S)S/C1=C\c1cccs1. The molecule has 0 amide bonds. The third-order valence-electron chi connectivity index (χ3n) is 2.02. The summed E-state index contributed by atoms with van der Waals surface area (Å²) in [7, 11) is 0. The van der Waals surface area contributed by atoms with E-state index in [1.807, 2.05) is 0 Å². The van der Waals surface area contributed by atoms with E-state index in [9.17, 15) is 0 Å². The number of rotatable bonds is 1. The lowest BCUT2D eigenvalue weighted by atomic mass is 10.1. The fourth-order valence-electron chi connectivity index (χ4n) is 1.26. The highest BCUT2D eigenvalue weighted by Crippen LogP contribution is 2.36. The van der Waals surface area contributed by atoms with Gasteiger partial charge in [-0.2, -0.15) is 0 Å². The molecule has 3 heteroatoms. The molecule has 1 saturated heterocycles. The van der Waals surface area contributed by atoms with E-state index in [4.69, 9.17) is 12.2 Å².